The minimum absolute atomic E-state index is 0.0392. The Morgan fingerprint density at radius 3 is 1.98 bits per heavy atom. The minimum Gasteiger partial charge on any atom is -0.508 e. The van der Waals surface area contributed by atoms with Crippen LogP contribution in [0.2, 0.25) is 0 Å². The predicted octanol–water partition coefficient (Wildman–Crippen LogP) is -0.0308. The molecule has 2 saturated carbocycles. The monoisotopic (exact) mass is 767 g/mol. The summed E-state index contributed by atoms with van der Waals surface area (Å²) in [4.78, 5) is 77.2. The zero-order valence-corrected chi connectivity index (χ0v) is 31.8. The molecule has 2 aliphatic carbocycles. The van der Waals surface area contributed by atoms with Crippen molar-refractivity contribution in [3.63, 3.8) is 0 Å². The highest BCUT2D eigenvalue weighted by atomic mass is 16.3. The maximum Gasteiger partial charge on any atom is 0.245 e. The summed E-state index contributed by atoms with van der Waals surface area (Å²) in [5.74, 6) is -1.92. The molecule has 304 valence electrons. The third-order valence-corrected chi connectivity index (χ3v) is 11.1. The fraction of sp³-hybridized carbons (Fsp3) is 0.658. The molecule has 4 atom stereocenters. The van der Waals surface area contributed by atoms with Gasteiger partial charge in [0.05, 0.1) is 0 Å². The Labute approximate surface area is 323 Å². The molecule has 1 aromatic carbocycles. The van der Waals surface area contributed by atoms with Gasteiger partial charge < -0.3 is 54.6 Å². The standard InChI is InChI=1S/C38H61N11O6/c39-32(51)28(8-4-5-18-44-37(40)41)46-34(53)29(20-24-11-15-27(50)16-12-24)47-35(54)31-17-19-49(31)36(55)30(21-23-6-2-1-3-7-23)48-33(52)26-13-9-25(10-14-26)22-45-38(42)43/h11-12,15-16,23,25-26,28-31,50H,1-10,13-14,17-22H2,(H2,39,51)(H,46,53)(H,47,54)(H,48,52)(H4,40,41,44)(H4,42,43,45)/t25?,26?,28-,29+,30+,31-/m0/s1. The number of nitrogens with one attached hydrogen (secondary N) is 3. The highest BCUT2D eigenvalue weighted by Gasteiger charge is 2.43. The normalized spacial score (nSPS) is 21.5. The highest BCUT2D eigenvalue weighted by Crippen LogP contribution is 2.32. The lowest BCUT2D eigenvalue weighted by atomic mass is 9.81. The van der Waals surface area contributed by atoms with Crippen LogP contribution in [0.5, 0.6) is 5.75 Å². The Kier molecular flexibility index (Phi) is 16.4. The maximum absolute atomic E-state index is 14.2. The van der Waals surface area contributed by atoms with E-state index in [4.69, 9.17) is 28.7 Å². The number of hydrogen-bond donors (Lipinski definition) is 9. The summed E-state index contributed by atoms with van der Waals surface area (Å²) in [7, 11) is 0. The van der Waals surface area contributed by atoms with Gasteiger partial charge >= 0.3 is 0 Å². The number of nitrogens with two attached hydrogens (primary N) is 5. The Balaban J connectivity index is 1.43. The molecule has 5 amide bonds. The topological polar surface area (TPSA) is 300 Å². The Morgan fingerprint density at radius 2 is 1.38 bits per heavy atom. The number of aromatic hydroxyl groups is 1. The molecule has 0 aromatic heterocycles. The lowest BCUT2D eigenvalue weighted by Gasteiger charge is -2.43. The zero-order chi connectivity index (χ0) is 39.9. The van der Waals surface area contributed by atoms with Crippen LogP contribution in [0.15, 0.2) is 34.3 Å². The van der Waals surface area contributed by atoms with Gasteiger partial charge in [-0.2, -0.15) is 0 Å². The summed E-state index contributed by atoms with van der Waals surface area (Å²) >= 11 is 0. The van der Waals surface area contributed by atoms with Gasteiger partial charge in [0.1, 0.15) is 29.9 Å². The van der Waals surface area contributed by atoms with Crippen LogP contribution in [0.1, 0.15) is 95.5 Å². The second kappa shape index (κ2) is 21.1. The molecule has 0 spiro atoms. The maximum atomic E-state index is 14.2. The molecule has 1 saturated heterocycles. The Morgan fingerprint density at radius 1 is 0.727 bits per heavy atom. The van der Waals surface area contributed by atoms with Crippen molar-refractivity contribution in [1.29, 1.82) is 0 Å². The first-order chi connectivity index (χ1) is 26.3. The molecule has 0 radical (unpaired) electrons. The van der Waals surface area contributed by atoms with Crippen molar-refractivity contribution in [3.8, 4) is 5.75 Å². The second-order valence-electron chi connectivity index (χ2n) is 15.3. The number of carbonyl (C=O) groups excluding carboxylic acids is 5. The SMILES string of the molecule is NC(=O)[C@H](CCCCN=C(N)N)NC(=O)[C@@H](Cc1ccc(O)cc1)NC(=O)[C@@H]1CCN1C(=O)[C@@H](CC1CCCCC1)NC(=O)C1CCC(CN=C(N)N)CC1. The number of unbranched alkanes of at least 4 members (excludes halogenated alkanes) is 1. The summed E-state index contributed by atoms with van der Waals surface area (Å²) in [6, 6.07) is 2.45. The first-order valence-electron chi connectivity index (χ1n) is 19.7. The lowest BCUT2D eigenvalue weighted by molar-refractivity contribution is -0.151. The largest absolute Gasteiger partial charge is 0.508 e. The third kappa shape index (κ3) is 13.6. The average Bonchev–Trinajstić information content (AvgIpc) is 3.13. The first kappa shape index (κ1) is 42.6. The molecule has 0 bridgehead atoms. The smallest absolute Gasteiger partial charge is 0.245 e. The van der Waals surface area contributed by atoms with E-state index in [0.717, 1.165) is 44.9 Å². The van der Waals surface area contributed by atoms with Gasteiger partial charge in [0.15, 0.2) is 11.9 Å². The van der Waals surface area contributed by atoms with Crippen molar-refractivity contribution in [2.75, 3.05) is 19.6 Å². The third-order valence-electron chi connectivity index (χ3n) is 11.1. The minimum atomic E-state index is -1.13. The summed E-state index contributed by atoms with van der Waals surface area (Å²) in [5.41, 5.74) is 28.0. The molecule has 14 N–H and O–H groups in total. The molecule has 0 unspecified atom stereocenters. The van der Waals surface area contributed by atoms with Gasteiger partial charge in [0, 0.05) is 32.0 Å². The van der Waals surface area contributed by atoms with Crippen LogP contribution >= 0.6 is 0 Å². The van der Waals surface area contributed by atoms with E-state index in [9.17, 15) is 29.1 Å². The van der Waals surface area contributed by atoms with Crippen LogP contribution in [0.25, 0.3) is 0 Å². The summed E-state index contributed by atoms with van der Waals surface area (Å²) in [6.07, 6.45) is 10.5. The van der Waals surface area contributed by atoms with Crippen molar-refractivity contribution >= 4 is 41.5 Å². The molecule has 1 aliphatic heterocycles. The van der Waals surface area contributed by atoms with Crippen molar-refractivity contribution in [2.24, 2.45) is 56.4 Å². The fourth-order valence-electron chi connectivity index (χ4n) is 7.80. The van der Waals surface area contributed by atoms with Gasteiger partial charge in [-0.05, 0) is 87.3 Å². The molecule has 17 heteroatoms. The number of benzene rings is 1. The van der Waals surface area contributed by atoms with Crippen molar-refractivity contribution in [2.45, 2.75) is 120 Å². The Bertz CT molecular complexity index is 1510. The van der Waals surface area contributed by atoms with Crippen LogP contribution in [-0.2, 0) is 30.4 Å². The Hall–Kier alpha value is -5.09. The summed E-state index contributed by atoms with van der Waals surface area (Å²) < 4.78 is 0. The van der Waals surface area contributed by atoms with E-state index in [2.05, 4.69) is 25.9 Å². The van der Waals surface area contributed by atoms with E-state index in [-0.39, 0.29) is 54.2 Å². The number of primary amides is 1. The van der Waals surface area contributed by atoms with Gasteiger partial charge in [-0.25, -0.2) is 0 Å². The first-order valence-corrected chi connectivity index (χ1v) is 19.7. The number of phenols is 1. The molecular weight excluding hydrogens is 706 g/mol. The molecule has 1 aromatic rings. The molecule has 55 heavy (non-hydrogen) atoms. The quantitative estimate of drug-likeness (QED) is 0.0514. The van der Waals surface area contributed by atoms with Crippen molar-refractivity contribution in [1.82, 2.24) is 20.9 Å². The molecule has 1 heterocycles. The highest BCUT2D eigenvalue weighted by molar-refractivity contribution is 5.96. The molecule has 17 nitrogen and oxygen atoms in total. The van der Waals surface area contributed by atoms with Gasteiger partial charge in [0.2, 0.25) is 29.5 Å². The number of guanidine groups is 2. The van der Waals surface area contributed by atoms with Crippen LogP contribution in [0, 0.1) is 17.8 Å². The number of likely N-dealkylation sites (tertiary alicyclic amines) is 1. The van der Waals surface area contributed by atoms with Crippen molar-refractivity contribution < 1.29 is 29.1 Å². The van der Waals surface area contributed by atoms with Gasteiger partial charge in [0.25, 0.3) is 0 Å². The molecule has 4 rings (SSSR count). The van der Waals surface area contributed by atoms with Gasteiger partial charge in [-0.3, -0.25) is 34.0 Å². The number of phenolic OH excluding ortho intramolecular Hbond substituents is 1. The van der Waals surface area contributed by atoms with Crippen molar-refractivity contribution in [3.05, 3.63) is 29.8 Å². The zero-order valence-electron chi connectivity index (χ0n) is 31.8. The summed E-state index contributed by atoms with van der Waals surface area (Å²) in [5, 5.41) is 18.4. The van der Waals surface area contributed by atoms with Gasteiger partial charge in [-0.1, -0.05) is 44.2 Å². The van der Waals surface area contributed by atoms with E-state index < -0.39 is 41.9 Å². The number of nitrogens with zero attached hydrogens (tertiary/aromatic N) is 3. The van der Waals surface area contributed by atoms with Crippen LogP contribution in [-0.4, -0.2) is 95.3 Å². The number of rotatable bonds is 19. The van der Waals surface area contributed by atoms with E-state index in [1.807, 2.05) is 0 Å². The van der Waals surface area contributed by atoms with E-state index in [1.165, 1.54) is 17.0 Å². The van der Waals surface area contributed by atoms with Crippen LogP contribution in [0.3, 0.4) is 0 Å². The summed E-state index contributed by atoms with van der Waals surface area (Å²) in [6.45, 7) is 1.22. The van der Waals surface area contributed by atoms with E-state index in [1.54, 1.807) is 12.1 Å². The number of hydrogen-bond acceptors (Lipinski definition) is 8. The van der Waals surface area contributed by atoms with Crippen LogP contribution in [0.4, 0.5) is 0 Å². The second-order valence-corrected chi connectivity index (χ2v) is 15.3. The molecule has 3 aliphatic rings. The lowest BCUT2D eigenvalue weighted by Crippen LogP contribution is -2.64. The molecule has 3 fully saturated rings. The van der Waals surface area contributed by atoms with E-state index in [0.29, 0.717) is 69.6 Å². The fourth-order valence-corrected chi connectivity index (χ4v) is 7.80. The number of carbonyl (C=O) groups is 5. The average molecular weight is 768 g/mol. The number of aliphatic imine (C=N–C) groups is 2. The molecular formula is C38H61N11O6. The predicted molar refractivity (Wildman–Crippen MR) is 209 cm³/mol. The van der Waals surface area contributed by atoms with Gasteiger partial charge in [-0.15, -0.1) is 0 Å². The van der Waals surface area contributed by atoms with E-state index >= 15 is 0 Å². The van der Waals surface area contributed by atoms with Crippen LogP contribution < -0.4 is 44.6 Å². The number of amides is 5.